The van der Waals surface area contributed by atoms with Gasteiger partial charge >= 0.3 is 0 Å². The first-order valence-electron chi connectivity index (χ1n) is 4.72. The highest BCUT2D eigenvalue weighted by Gasteiger charge is 2.07. The summed E-state index contributed by atoms with van der Waals surface area (Å²) < 4.78 is 0. The van der Waals surface area contributed by atoms with E-state index in [0.717, 1.165) is 19.3 Å². The van der Waals surface area contributed by atoms with Gasteiger partial charge in [0, 0.05) is 18.7 Å². The minimum atomic E-state index is 0.194. The molecule has 0 fully saturated rings. The normalized spacial score (nSPS) is 16.0. The van der Waals surface area contributed by atoms with E-state index in [2.05, 4.69) is 12.2 Å². The largest absolute Gasteiger partial charge is 0.396 e. The standard InChI is InChI=1S/C9H21NO2/c1-3-9(7-12)10-8(2)5-4-6-11/h8-12H,3-7H2,1-2H3. The Labute approximate surface area is 74.8 Å². The molecule has 0 saturated carbocycles. The zero-order valence-corrected chi connectivity index (χ0v) is 8.08. The van der Waals surface area contributed by atoms with Gasteiger partial charge in [0.1, 0.15) is 0 Å². The highest BCUT2D eigenvalue weighted by atomic mass is 16.3. The Morgan fingerprint density at radius 1 is 1.33 bits per heavy atom. The average molecular weight is 175 g/mol. The SMILES string of the molecule is CCC(CO)NC(C)CCCO. The molecule has 74 valence electrons. The van der Waals surface area contributed by atoms with E-state index < -0.39 is 0 Å². The molecule has 0 aliphatic heterocycles. The van der Waals surface area contributed by atoms with Crippen LogP contribution in [0.1, 0.15) is 33.1 Å². The van der Waals surface area contributed by atoms with Crippen LogP contribution in [0.3, 0.4) is 0 Å². The van der Waals surface area contributed by atoms with Gasteiger partial charge in [-0.1, -0.05) is 6.92 Å². The molecule has 12 heavy (non-hydrogen) atoms. The molecule has 0 saturated heterocycles. The fourth-order valence-corrected chi connectivity index (χ4v) is 1.18. The van der Waals surface area contributed by atoms with Crippen LogP contribution in [0.5, 0.6) is 0 Å². The summed E-state index contributed by atoms with van der Waals surface area (Å²) >= 11 is 0. The van der Waals surface area contributed by atoms with Crippen molar-refractivity contribution >= 4 is 0 Å². The maximum atomic E-state index is 8.89. The molecule has 3 N–H and O–H groups in total. The van der Waals surface area contributed by atoms with Gasteiger partial charge in [-0.05, 0) is 26.2 Å². The highest BCUT2D eigenvalue weighted by molar-refractivity contribution is 4.68. The van der Waals surface area contributed by atoms with Crippen LogP contribution in [0.15, 0.2) is 0 Å². The molecule has 2 atom stereocenters. The molecule has 0 radical (unpaired) electrons. The topological polar surface area (TPSA) is 52.5 Å². The van der Waals surface area contributed by atoms with Crippen LogP contribution >= 0.6 is 0 Å². The van der Waals surface area contributed by atoms with Gasteiger partial charge in [-0.15, -0.1) is 0 Å². The average Bonchev–Trinajstić information content (AvgIpc) is 2.10. The molecule has 0 amide bonds. The Morgan fingerprint density at radius 3 is 2.42 bits per heavy atom. The smallest absolute Gasteiger partial charge is 0.0584 e. The lowest BCUT2D eigenvalue weighted by Gasteiger charge is -2.19. The maximum Gasteiger partial charge on any atom is 0.0584 e. The number of nitrogens with one attached hydrogen (secondary N) is 1. The van der Waals surface area contributed by atoms with E-state index in [1.807, 2.05) is 6.92 Å². The number of hydrogen-bond donors (Lipinski definition) is 3. The van der Waals surface area contributed by atoms with Crippen molar-refractivity contribution in [2.45, 2.75) is 45.2 Å². The fraction of sp³-hybridized carbons (Fsp3) is 1.00. The fourth-order valence-electron chi connectivity index (χ4n) is 1.18. The first kappa shape index (κ1) is 11.9. The molecular formula is C9H21NO2. The maximum absolute atomic E-state index is 8.89. The highest BCUT2D eigenvalue weighted by Crippen LogP contribution is 1.98. The Balaban J connectivity index is 3.44. The number of aliphatic hydroxyl groups is 2. The molecule has 0 aromatic heterocycles. The van der Waals surface area contributed by atoms with Gasteiger partial charge in [-0.2, -0.15) is 0 Å². The van der Waals surface area contributed by atoms with Gasteiger partial charge in [0.15, 0.2) is 0 Å². The molecule has 0 heterocycles. The minimum Gasteiger partial charge on any atom is -0.396 e. The molecular weight excluding hydrogens is 154 g/mol. The van der Waals surface area contributed by atoms with Crippen molar-refractivity contribution in [1.82, 2.24) is 5.32 Å². The zero-order valence-electron chi connectivity index (χ0n) is 8.08. The molecule has 0 aliphatic rings. The van der Waals surface area contributed by atoms with E-state index in [0.29, 0.717) is 6.04 Å². The number of hydrogen-bond acceptors (Lipinski definition) is 3. The second-order valence-electron chi connectivity index (χ2n) is 3.22. The van der Waals surface area contributed by atoms with Crippen molar-refractivity contribution in [3.8, 4) is 0 Å². The van der Waals surface area contributed by atoms with Crippen LogP contribution in [0.4, 0.5) is 0 Å². The summed E-state index contributed by atoms with van der Waals surface area (Å²) in [5.41, 5.74) is 0. The Kier molecular flexibility index (Phi) is 7.45. The third-order valence-electron chi connectivity index (χ3n) is 2.03. The third-order valence-corrected chi connectivity index (χ3v) is 2.03. The van der Waals surface area contributed by atoms with E-state index >= 15 is 0 Å². The van der Waals surface area contributed by atoms with E-state index in [1.165, 1.54) is 0 Å². The summed E-state index contributed by atoms with van der Waals surface area (Å²) in [7, 11) is 0. The molecule has 0 bridgehead atoms. The minimum absolute atomic E-state index is 0.194. The molecule has 3 nitrogen and oxygen atoms in total. The van der Waals surface area contributed by atoms with Gasteiger partial charge < -0.3 is 15.5 Å². The first-order chi connectivity index (χ1) is 5.74. The summed E-state index contributed by atoms with van der Waals surface area (Å²) in [6, 6.07) is 0.591. The Morgan fingerprint density at radius 2 is 2.00 bits per heavy atom. The lowest BCUT2D eigenvalue weighted by atomic mass is 10.1. The summed E-state index contributed by atoms with van der Waals surface area (Å²) in [6.07, 6.45) is 2.74. The van der Waals surface area contributed by atoms with Gasteiger partial charge in [0.05, 0.1) is 6.61 Å². The molecule has 0 spiro atoms. The number of aliphatic hydroxyl groups excluding tert-OH is 2. The van der Waals surface area contributed by atoms with Crippen LogP contribution in [-0.2, 0) is 0 Å². The summed E-state index contributed by atoms with van der Waals surface area (Å²) in [4.78, 5) is 0. The van der Waals surface area contributed by atoms with Gasteiger partial charge in [-0.3, -0.25) is 0 Å². The summed E-state index contributed by atoms with van der Waals surface area (Å²) in [6.45, 7) is 4.57. The second kappa shape index (κ2) is 7.53. The van der Waals surface area contributed by atoms with Crippen LogP contribution in [0.2, 0.25) is 0 Å². The van der Waals surface area contributed by atoms with Crippen molar-refractivity contribution in [3.05, 3.63) is 0 Å². The van der Waals surface area contributed by atoms with Crippen LogP contribution in [0, 0.1) is 0 Å². The Bertz CT molecular complexity index is 94.5. The van der Waals surface area contributed by atoms with Crippen molar-refractivity contribution in [2.24, 2.45) is 0 Å². The third kappa shape index (κ3) is 5.52. The van der Waals surface area contributed by atoms with Gasteiger partial charge in [0.2, 0.25) is 0 Å². The molecule has 0 aliphatic carbocycles. The van der Waals surface area contributed by atoms with E-state index in [9.17, 15) is 0 Å². The predicted molar refractivity (Wildman–Crippen MR) is 50.1 cm³/mol. The van der Waals surface area contributed by atoms with E-state index in [4.69, 9.17) is 10.2 Å². The van der Waals surface area contributed by atoms with Crippen molar-refractivity contribution in [3.63, 3.8) is 0 Å². The molecule has 2 unspecified atom stereocenters. The number of rotatable bonds is 7. The van der Waals surface area contributed by atoms with E-state index in [-0.39, 0.29) is 19.3 Å². The van der Waals surface area contributed by atoms with Crippen LogP contribution in [0.25, 0.3) is 0 Å². The van der Waals surface area contributed by atoms with Crippen molar-refractivity contribution < 1.29 is 10.2 Å². The summed E-state index contributed by atoms with van der Waals surface area (Å²) in [5, 5.41) is 20.8. The van der Waals surface area contributed by atoms with Crippen LogP contribution < -0.4 is 5.32 Å². The van der Waals surface area contributed by atoms with Gasteiger partial charge in [-0.25, -0.2) is 0 Å². The zero-order chi connectivity index (χ0) is 9.40. The Hall–Kier alpha value is -0.120. The summed E-state index contributed by atoms with van der Waals surface area (Å²) in [5.74, 6) is 0. The molecule has 0 aromatic rings. The second-order valence-corrected chi connectivity index (χ2v) is 3.22. The molecule has 0 aromatic carbocycles. The lowest BCUT2D eigenvalue weighted by molar-refractivity contribution is 0.222. The monoisotopic (exact) mass is 175 g/mol. The predicted octanol–water partition coefficient (Wildman–Crippen LogP) is 0.508. The van der Waals surface area contributed by atoms with Crippen molar-refractivity contribution in [2.75, 3.05) is 13.2 Å². The van der Waals surface area contributed by atoms with Crippen molar-refractivity contribution in [1.29, 1.82) is 0 Å². The van der Waals surface area contributed by atoms with Gasteiger partial charge in [0.25, 0.3) is 0 Å². The van der Waals surface area contributed by atoms with E-state index in [1.54, 1.807) is 0 Å². The first-order valence-corrected chi connectivity index (χ1v) is 4.72. The quantitative estimate of drug-likeness (QED) is 0.528. The lowest BCUT2D eigenvalue weighted by Crippen LogP contribution is -2.38. The molecule has 0 rings (SSSR count). The van der Waals surface area contributed by atoms with Crippen LogP contribution in [-0.4, -0.2) is 35.5 Å². The molecule has 3 heteroatoms.